The third-order valence-corrected chi connectivity index (χ3v) is 3.32. The highest BCUT2D eigenvalue weighted by molar-refractivity contribution is 9.10. The summed E-state index contributed by atoms with van der Waals surface area (Å²) in [5, 5.41) is 0. The molecule has 2 aromatic heterocycles. The summed E-state index contributed by atoms with van der Waals surface area (Å²) in [4.78, 5) is 14.5. The molecule has 2 heterocycles. The third-order valence-electron chi connectivity index (χ3n) is 2.82. The number of aromatic amines is 1. The second-order valence-corrected chi connectivity index (χ2v) is 5.16. The first kappa shape index (κ1) is 11.3. The van der Waals surface area contributed by atoms with Gasteiger partial charge in [-0.2, -0.15) is 0 Å². The van der Waals surface area contributed by atoms with E-state index in [9.17, 15) is 4.79 Å². The fraction of sp³-hybridized carbons (Fsp3) is 0.0714. The molecule has 1 aromatic carbocycles. The molecule has 3 nitrogen and oxygen atoms in total. The molecule has 0 amide bonds. The Hall–Kier alpha value is -1.81. The van der Waals surface area contributed by atoms with E-state index in [2.05, 4.69) is 33.0 Å². The standard InChI is InChI=1S/C14H11BrN2O/c15-11-3-1-2-10(6-11)7-12-9-17-5-4-13(18)8-14(17)16-12/h1-6,8-9,16H,7H2. The molecular formula is C14H11BrN2O. The van der Waals surface area contributed by atoms with Crippen molar-refractivity contribution in [1.29, 1.82) is 0 Å². The molecule has 0 saturated carbocycles. The predicted molar refractivity (Wildman–Crippen MR) is 75.0 cm³/mol. The molecule has 4 heteroatoms. The predicted octanol–water partition coefficient (Wildman–Crippen LogP) is 2.98. The Balaban J connectivity index is 1.98. The van der Waals surface area contributed by atoms with E-state index >= 15 is 0 Å². The second-order valence-electron chi connectivity index (χ2n) is 4.24. The zero-order valence-electron chi connectivity index (χ0n) is 9.56. The van der Waals surface area contributed by atoms with Gasteiger partial charge >= 0.3 is 0 Å². The van der Waals surface area contributed by atoms with Crippen LogP contribution in [-0.4, -0.2) is 9.38 Å². The molecule has 0 atom stereocenters. The highest BCUT2D eigenvalue weighted by Gasteiger charge is 2.02. The quantitative estimate of drug-likeness (QED) is 0.776. The monoisotopic (exact) mass is 302 g/mol. The molecule has 0 spiro atoms. The molecule has 0 unspecified atom stereocenters. The molecular weight excluding hydrogens is 292 g/mol. The SMILES string of the molecule is O=c1ccn2cc(Cc3cccc(Br)c3)[nH]c2c1. The Morgan fingerprint density at radius 3 is 2.94 bits per heavy atom. The first-order valence-corrected chi connectivity index (χ1v) is 6.44. The molecule has 18 heavy (non-hydrogen) atoms. The fourth-order valence-corrected chi connectivity index (χ4v) is 2.47. The van der Waals surface area contributed by atoms with Crippen LogP contribution in [0.5, 0.6) is 0 Å². The number of nitrogens with zero attached hydrogens (tertiary/aromatic N) is 1. The number of H-pyrrole nitrogens is 1. The van der Waals surface area contributed by atoms with E-state index in [0.29, 0.717) is 0 Å². The summed E-state index contributed by atoms with van der Waals surface area (Å²) < 4.78 is 3.00. The van der Waals surface area contributed by atoms with Crippen LogP contribution in [0.25, 0.3) is 5.65 Å². The van der Waals surface area contributed by atoms with Crippen molar-refractivity contribution in [3.63, 3.8) is 0 Å². The molecule has 0 aliphatic heterocycles. The van der Waals surface area contributed by atoms with Crippen LogP contribution in [0.1, 0.15) is 11.3 Å². The summed E-state index contributed by atoms with van der Waals surface area (Å²) in [5.74, 6) is 0. The summed E-state index contributed by atoms with van der Waals surface area (Å²) in [6, 6.07) is 11.4. The van der Waals surface area contributed by atoms with E-state index in [1.165, 1.54) is 5.56 Å². The molecule has 0 saturated heterocycles. The molecule has 1 N–H and O–H groups in total. The number of fused-ring (bicyclic) bond motifs is 1. The average molecular weight is 303 g/mol. The topological polar surface area (TPSA) is 37.3 Å². The van der Waals surface area contributed by atoms with Gasteiger partial charge in [-0.1, -0.05) is 28.1 Å². The Kier molecular flexibility index (Phi) is 2.80. The molecule has 90 valence electrons. The molecule has 0 fully saturated rings. The van der Waals surface area contributed by atoms with Crippen LogP contribution >= 0.6 is 15.9 Å². The first-order valence-electron chi connectivity index (χ1n) is 5.65. The van der Waals surface area contributed by atoms with Crippen molar-refractivity contribution in [3.8, 4) is 0 Å². The maximum absolute atomic E-state index is 11.3. The van der Waals surface area contributed by atoms with E-state index in [-0.39, 0.29) is 5.43 Å². The third kappa shape index (κ3) is 2.24. The smallest absolute Gasteiger partial charge is 0.183 e. The summed E-state index contributed by atoms with van der Waals surface area (Å²) in [6.07, 6.45) is 4.60. The lowest BCUT2D eigenvalue weighted by Gasteiger charge is -1.98. The molecule has 0 radical (unpaired) electrons. The van der Waals surface area contributed by atoms with Gasteiger partial charge < -0.3 is 9.38 Å². The molecule has 0 aliphatic rings. The highest BCUT2D eigenvalue weighted by Crippen LogP contribution is 2.15. The molecule has 0 bridgehead atoms. The lowest BCUT2D eigenvalue weighted by Crippen LogP contribution is -1.97. The number of imidazole rings is 1. The largest absolute Gasteiger partial charge is 0.343 e. The minimum atomic E-state index is 0.0193. The van der Waals surface area contributed by atoms with Crippen molar-refractivity contribution >= 4 is 21.6 Å². The van der Waals surface area contributed by atoms with E-state index in [0.717, 1.165) is 22.2 Å². The lowest BCUT2D eigenvalue weighted by atomic mass is 10.1. The van der Waals surface area contributed by atoms with Crippen LogP contribution in [0.15, 0.2) is 58.1 Å². The fourth-order valence-electron chi connectivity index (χ4n) is 2.03. The number of hydrogen-bond acceptors (Lipinski definition) is 1. The first-order chi connectivity index (χ1) is 8.70. The van der Waals surface area contributed by atoms with E-state index in [1.54, 1.807) is 18.3 Å². The number of aromatic nitrogens is 2. The Labute approximate surface area is 112 Å². The van der Waals surface area contributed by atoms with Gasteiger partial charge in [0.2, 0.25) is 0 Å². The van der Waals surface area contributed by atoms with Gasteiger partial charge in [-0.05, 0) is 17.7 Å². The maximum Gasteiger partial charge on any atom is 0.183 e. The number of rotatable bonds is 2. The van der Waals surface area contributed by atoms with E-state index in [1.807, 2.05) is 22.7 Å². The van der Waals surface area contributed by atoms with Gasteiger partial charge in [0.05, 0.1) is 0 Å². The average Bonchev–Trinajstić information content (AvgIpc) is 2.70. The number of benzene rings is 1. The number of hydrogen-bond donors (Lipinski definition) is 1. The van der Waals surface area contributed by atoms with Crippen LogP contribution in [0.3, 0.4) is 0 Å². The number of pyridine rings is 1. The van der Waals surface area contributed by atoms with Crippen LogP contribution in [0.2, 0.25) is 0 Å². The van der Waals surface area contributed by atoms with Crippen molar-refractivity contribution in [3.05, 3.63) is 74.7 Å². The minimum Gasteiger partial charge on any atom is -0.343 e. The zero-order valence-corrected chi connectivity index (χ0v) is 11.1. The second kappa shape index (κ2) is 4.46. The summed E-state index contributed by atoms with van der Waals surface area (Å²) in [5.41, 5.74) is 3.15. The normalized spacial score (nSPS) is 10.9. The van der Waals surface area contributed by atoms with Crippen molar-refractivity contribution in [2.45, 2.75) is 6.42 Å². The Morgan fingerprint density at radius 1 is 1.22 bits per heavy atom. The van der Waals surface area contributed by atoms with Crippen molar-refractivity contribution in [2.24, 2.45) is 0 Å². The maximum atomic E-state index is 11.3. The summed E-state index contributed by atoms with van der Waals surface area (Å²) >= 11 is 3.46. The highest BCUT2D eigenvalue weighted by atomic mass is 79.9. The molecule has 3 rings (SSSR count). The van der Waals surface area contributed by atoms with Gasteiger partial charge in [-0.3, -0.25) is 4.79 Å². The minimum absolute atomic E-state index is 0.0193. The van der Waals surface area contributed by atoms with Gasteiger partial charge in [0.25, 0.3) is 0 Å². The van der Waals surface area contributed by atoms with Crippen molar-refractivity contribution < 1.29 is 0 Å². The summed E-state index contributed by atoms with van der Waals surface area (Å²) in [6.45, 7) is 0. The Bertz CT molecular complexity index is 758. The van der Waals surface area contributed by atoms with Crippen LogP contribution in [0.4, 0.5) is 0 Å². The zero-order chi connectivity index (χ0) is 12.5. The van der Waals surface area contributed by atoms with Gasteiger partial charge in [0, 0.05) is 41.1 Å². The molecule has 3 aromatic rings. The van der Waals surface area contributed by atoms with Crippen molar-refractivity contribution in [2.75, 3.05) is 0 Å². The van der Waals surface area contributed by atoms with Gasteiger partial charge in [0.1, 0.15) is 5.65 Å². The summed E-state index contributed by atoms with van der Waals surface area (Å²) in [7, 11) is 0. The van der Waals surface area contributed by atoms with Gasteiger partial charge in [-0.15, -0.1) is 0 Å². The lowest BCUT2D eigenvalue weighted by molar-refractivity contribution is 1.11. The van der Waals surface area contributed by atoms with Crippen LogP contribution in [-0.2, 0) is 6.42 Å². The van der Waals surface area contributed by atoms with E-state index in [4.69, 9.17) is 0 Å². The number of nitrogens with one attached hydrogen (secondary N) is 1. The van der Waals surface area contributed by atoms with Gasteiger partial charge in [-0.25, -0.2) is 0 Å². The molecule has 0 aliphatic carbocycles. The van der Waals surface area contributed by atoms with Crippen LogP contribution in [0, 0.1) is 0 Å². The van der Waals surface area contributed by atoms with E-state index < -0.39 is 0 Å². The number of halogens is 1. The van der Waals surface area contributed by atoms with Crippen molar-refractivity contribution in [1.82, 2.24) is 9.38 Å². The van der Waals surface area contributed by atoms with Crippen LogP contribution < -0.4 is 5.43 Å². The van der Waals surface area contributed by atoms with Gasteiger partial charge in [0.15, 0.2) is 5.43 Å². The Morgan fingerprint density at radius 2 is 2.11 bits per heavy atom.